The maximum absolute atomic E-state index is 11.9. The number of carbonyl (C=O) groups is 1. The Balaban J connectivity index is 1.94. The molecule has 2 aromatic carbocycles. The topological polar surface area (TPSA) is 105 Å². The zero-order chi connectivity index (χ0) is 20.5. The Morgan fingerprint density at radius 2 is 2.07 bits per heavy atom. The van der Waals surface area contributed by atoms with Crippen molar-refractivity contribution in [3.8, 4) is 11.3 Å². The molecular formula is C22H23N5O2. The first kappa shape index (κ1) is 18.9. The number of methoxy groups -OCH3 is 1. The first-order valence-corrected chi connectivity index (χ1v) is 9.59. The van der Waals surface area contributed by atoms with Crippen molar-refractivity contribution in [1.29, 1.82) is 5.41 Å². The largest absolute Gasteiger partial charge is 0.465 e. The molecule has 0 aliphatic carbocycles. The molecule has 1 saturated heterocycles. The summed E-state index contributed by atoms with van der Waals surface area (Å²) in [5, 5.41) is 7.61. The molecule has 29 heavy (non-hydrogen) atoms. The van der Waals surface area contributed by atoms with Crippen LogP contribution in [-0.4, -0.2) is 41.8 Å². The average Bonchev–Trinajstić information content (AvgIpc) is 3.17. The molecule has 1 aromatic heterocycles. The Bertz CT molecular complexity index is 1110. The number of benzene rings is 2. The van der Waals surface area contributed by atoms with E-state index in [1.807, 2.05) is 12.1 Å². The van der Waals surface area contributed by atoms with Crippen LogP contribution in [0.3, 0.4) is 0 Å². The number of nitrogens with zero attached hydrogens (tertiary/aromatic N) is 3. The van der Waals surface area contributed by atoms with Gasteiger partial charge in [-0.3, -0.25) is 0 Å². The minimum absolute atomic E-state index is 0.347. The van der Waals surface area contributed by atoms with E-state index in [1.54, 1.807) is 24.3 Å². The molecule has 4 rings (SSSR count). The van der Waals surface area contributed by atoms with Gasteiger partial charge in [-0.05, 0) is 50.1 Å². The van der Waals surface area contributed by atoms with Crippen LogP contribution in [0.15, 0.2) is 36.4 Å². The van der Waals surface area contributed by atoms with Crippen LogP contribution < -0.4 is 10.6 Å². The molecule has 7 heteroatoms. The number of carbonyl (C=O) groups excluding carboxylic acids is 1. The van der Waals surface area contributed by atoms with E-state index in [2.05, 4.69) is 11.8 Å². The summed E-state index contributed by atoms with van der Waals surface area (Å²) < 4.78 is 4.83. The normalized spacial score (nSPS) is 16.2. The number of fused-ring (bicyclic) bond motifs is 1. The lowest BCUT2D eigenvalue weighted by molar-refractivity contribution is 0.0601. The fourth-order valence-corrected chi connectivity index (χ4v) is 3.78. The van der Waals surface area contributed by atoms with Gasteiger partial charge in [0, 0.05) is 35.6 Å². The lowest BCUT2D eigenvalue weighted by Crippen LogP contribution is -2.28. The van der Waals surface area contributed by atoms with E-state index in [0.29, 0.717) is 33.9 Å². The van der Waals surface area contributed by atoms with Crippen LogP contribution in [0, 0.1) is 5.41 Å². The third-order valence-electron chi connectivity index (χ3n) is 5.41. The van der Waals surface area contributed by atoms with Crippen molar-refractivity contribution in [1.82, 2.24) is 9.97 Å². The monoisotopic (exact) mass is 389 g/mol. The molecule has 2 heterocycles. The average molecular weight is 389 g/mol. The number of hydrogen-bond acceptors (Lipinski definition) is 7. The van der Waals surface area contributed by atoms with E-state index >= 15 is 0 Å². The molecule has 3 N–H and O–H groups in total. The highest BCUT2D eigenvalue weighted by molar-refractivity contribution is 5.95. The molecule has 1 aliphatic rings. The van der Waals surface area contributed by atoms with Crippen molar-refractivity contribution in [2.45, 2.75) is 25.8 Å². The van der Waals surface area contributed by atoms with Gasteiger partial charge in [-0.25, -0.2) is 14.8 Å². The van der Waals surface area contributed by atoms with Gasteiger partial charge >= 0.3 is 5.97 Å². The Morgan fingerprint density at radius 3 is 2.76 bits per heavy atom. The van der Waals surface area contributed by atoms with Crippen molar-refractivity contribution in [2.75, 3.05) is 24.3 Å². The minimum atomic E-state index is -0.400. The van der Waals surface area contributed by atoms with E-state index in [-0.39, 0.29) is 0 Å². The van der Waals surface area contributed by atoms with E-state index in [0.717, 1.165) is 36.5 Å². The van der Waals surface area contributed by atoms with Crippen molar-refractivity contribution in [3.63, 3.8) is 0 Å². The molecule has 7 nitrogen and oxygen atoms in total. The van der Waals surface area contributed by atoms with Gasteiger partial charge in [-0.15, -0.1) is 0 Å². The number of aromatic nitrogens is 2. The summed E-state index contributed by atoms with van der Waals surface area (Å²) in [5.74, 6) is 0.383. The number of nitrogen functional groups attached to an aromatic ring is 1. The van der Waals surface area contributed by atoms with Gasteiger partial charge in [-0.2, -0.15) is 0 Å². The lowest BCUT2D eigenvalue weighted by atomic mass is 10.1. The van der Waals surface area contributed by atoms with Gasteiger partial charge < -0.3 is 20.8 Å². The standard InChI is InChI=1S/C22H23N5O2/c1-13-4-3-9-27(13)21-20(14-5-7-17(24)16(10-14)12-23)25-18-8-6-15(22(28)29-2)11-19(18)26-21/h5-8,10-13,23H,3-4,9,24H2,1-2H3/t13-/m0/s1. The van der Waals surface area contributed by atoms with Crippen molar-refractivity contribution >= 4 is 34.7 Å². The molecule has 0 amide bonds. The van der Waals surface area contributed by atoms with E-state index < -0.39 is 5.97 Å². The number of hydrogen-bond donors (Lipinski definition) is 2. The molecule has 1 fully saturated rings. The Morgan fingerprint density at radius 1 is 1.24 bits per heavy atom. The Kier molecular flexibility index (Phi) is 4.88. The Hall–Kier alpha value is -3.48. The molecule has 0 saturated carbocycles. The summed E-state index contributed by atoms with van der Waals surface area (Å²) in [5.41, 5.74) is 10.6. The number of ether oxygens (including phenoxy) is 1. The van der Waals surface area contributed by atoms with Crippen molar-refractivity contribution in [2.24, 2.45) is 0 Å². The maximum Gasteiger partial charge on any atom is 0.337 e. The molecule has 0 radical (unpaired) electrons. The first-order valence-electron chi connectivity index (χ1n) is 9.59. The van der Waals surface area contributed by atoms with Crippen molar-refractivity contribution < 1.29 is 9.53 Å². The third-order valence-corrected chi connectivity index (χ3v) is 5.41. The highest BCUT2D eigenvalue weighted by Gasteiger charge is 2.26. The quantitative estimate of drug-likeness (QED) is 0.401. The molecule has 0 bridgehead atoms. The molecule has 0 unspecified atom stereocenters. The van der Waals surface area contributed by atoms with Crippen LogP contribution in [0.1, 0.15) is 35.7 Å². The number of nitrogens with one attached hydrogen (secondary N) is 1. The zero-order valence-corrected chi connectivity index (χ0v) is 16.5. The molecule has 148 valence electrons. The Labute approximate surface area is 169 Å². The SMILES string of the molecule is COC(=O)c1ccc2nc(-c3ccc(N)c(C=N)c3)c(N3CCC[C@@H]3C)nc2c1. The van der Waals surface area contributed by atoms with E-state index in [4.69, 9.17) is 25.8 Å². The van der Waals surface area contributed by atoms with Crippen molar-refractivity contribution in [3.05, 3.63) is 47.5 Å². The summed E-state index contributed by atoms with van der Waals surface area (Å²) in [6.45, 7) is 3.08. The summed E-state index contributed by atoms with van der Waals surface area (Å²) >= 11 is 0. The van der Waals surface area contributed by atoms with E-state index in [1.165, 1.54) is 13.3 Å². The van der Waals surface area contributed by atoms with Crippen LogP contribution >= 0.6 is 0 Å². The van der Waals surface area contributed by atoms with Gasteiger partial charge in [0.2, 0.25) is 0 Å². The van der Waals surface area contributed by atoms with Gasteiger partial charge in [0.05, 0.1) is 23.7 Å². The summed E-state index contributed by atoms with van der Waals surface area (Å²) in [7, 11) is 1.36. The third kappa shape index (κ3) is 3.40. The molecule has 0 spiro atoms. The second kappa shape index (κ2) is 7.50. The summed E-state index contributed by atoms with van der Waals surface area (Å²) in [6, 6.07) is 11.1. The van der Waals surface area contributed by atoms with Crippen LogP contribution in [0.5, 0.6) is 0 Å². The summed E-state index contributed by atoms with van der Waals surface area (Å²) in [4.78, 5) is 24.0. The highest BCUT2D eigenvalue weighted by Crippen LogP contribution is 2.35. The predicted octanol–water partition coefficient (Wildman–Crippen LogP) is 3.65. The first-order chi connectivity index (χ1) is 14.0. The molecule has 1 atom stereocenters. The zero-order valence-electron chi connectivity index (χ0n) is 16.5. The fourth-order valence-electron chi connectivity index (χ4n) is 3.78. The smallest absolute Gasteiger partial charge is 0.337 e. The number of nitrogens with two attached hydrogens (primary N) is 1. The fraction of sp³-hybridized carbons (Fsp3) is 0.273. The van der Waals surface area contributed by atoms with E-state index in [9.17, 15) is 4.79 Å². The second-order valence-corrected chi connectivity index (χ2v) is 7.26. The van der Waals surface area contributed by atoms with Gasteiger partial charge in [-0.1, -0.05) is 6.07 Å². The molecule has 3 aromatic rings. The predicted molar refractivity (Wildman–Crippen MR) is 115 cm³/mol. The van der Waals surface area contributed by atoms with Gasteiger partial charge in [0.15, 0.2) is 5.82 Å². The highest BCUT2D eigenvalue weighted by atomic mass is 16.5. The number of esters is 1. The number of rotatable bonds is 4. The van der Waals surface area contributed by atoms with Crippen LogP contribution in [0.4, 0.5) is 11.5 Å². The maximum atomic E-state index is 11.9. The number of anilines is 2. The molecular weight excluding hydrogens is 366 g/mol. The van der Waals surface area contributed by atoms with Gasteiger partial charge in [0.25, 0.3) is 0 Å². The van der Waals surface area contributed by atoms with Crippen LogP contribution in [0.2, 0.25) is 0 Å². The van der Waals surface area contributed by atoms with Crippen LogP contribution in [-0.2, 0) is 4.74 Å². The van der Waals surface area contributed by atoms with Gasteiger partial charge in [0.1, 0.15) is 5.69 Å². The lowest BCUT2D eigenvalue weighted by Gasteiger charge is -2.25. The molecule has 1 aliphatic heterocycles. The van der Waals surface area contributed by atoms with Crippen LogP contribution in [0.25, 0.3) is 22.3 Å². The minimum Gasteiger partial charge on any atom is -0.465 e. The summed E-state index contributed by atoms with van der Waals surface area (Å²) in [6.07, 6.45) is 3.43. The second-order valence-electron chi connectivity index (χ2n) is 7.26.